The standard InChI is InChI=1S/C17H22O3/c1-12-8-9-17(18,13(12)2)15-7-5-4-6-14(15)16(3)19-10-11-20-16/h4-7,18H,8-11H2,1-3H3. The zero-order chi connectivity index (χ0) is 14.4. The summed E-state index contributed by atoms with van der Waals surface area (Å²) < 4.78 is 11.6. The molecule has 2 aliphatic rings. The summed E-state index contributed by atoms with van der Waals surface area (Å²) in [5.41, 5.74) is 3.30. The molecule has 0 spiro atoms. The van der Waals surface area contributed by atoms with Gasteiger partial charge >= 0.3 is 0 Å². The van der Waals surface area contributed by atoms with Gasteiger partial charge in [-0.05, 0) is 44.7 Å². The molecule has 1 fully saturated rings. The second-order valence-electron chi connectivity index (χ2n) is 5.95. The van der Waals surface area contributed by atoms with Crippen LogP contribution in [0, 0.1) is 0 Å². The maximum Gasteiger partial charge on any atom is 0.192 e. The van der Waals surface area contributed by atoms with E-state index in [0.717, 1.165) is 29.5 Å². The van der Waals surface area contributed by atoms with E-state index in [1.807, 2.05) is 38.1 Å². The molecule has 20 heavy (non-hydrogen) atoms. The highest BCUT2D eigenvalue weighted by Gasteiger charge is 2.43. The highest BCUT2D eigenvalue weighted by molar-refractivity contribution is 5.44. The molecular weight excluding hydrogens is 252 g/mol. The van der Waals surface area contributed by atoms with E-state index >= 15 is 0 Å². The Kier molecular flexibility index (Phi) is 3.24. The fourth-order valence-corrected chi connectivity index (χ4v) is 3.34. The van der Waals surface area contributed by atoms with E-state index in [1.54, 1.807) is 0 Å². The normalized spacial score (nSPS) is 29.2. The molecule has 1 saturated heterocycles. The molecule has 3 nitrogen and oxygen atoms in total. The lowest BCUT2D eigenvalue weighted by atomic mass is 9.82. The molecule has 108 valence electrons. The van der Waals surface area contributed by atoms with Gasteiger partial charge in [-0.15, -0.1) is 0 Å². The van der Waals surface area contributed by atoms with E-state index in [0.29, 0.717) is 13.2 Å². The van der Waals surface area contributed by atoms with Gasteiger partial charge < -0.3 is 14.6 Å². The first-order valence-electron chi connectivity index (χ1n) is 7.24. The van der Waals surface area contributed by atoms with Crippen LogP contribution in [0.3, 0.4) is 0 Å². The predicted molar refractivity (Wildman–Crippen MR) is 77.2 cm³/mol. The molecule has 0 bridgehead atoms. The second kappa shape index (κ2) is 4.69. The van der Waals surface area contributed by atoms with E-state index in [2.05, 4.69) is 6.92 Å². The van der Waals surface area contributed by atoms with Gasteiger partial charge in [0.15, 0.2) is 5.79 Å². The van der Waals surface area contributed by atoms with E-state index in [9.17, 15) is 5.11 Å². The Hall–Kier alpha value is -1.16. The van der Waals surface area contributed by atoms with Gasteiger partial charge in [-0.25, -0.2) is 0 Å². The van der Waals surface area contributed by atoms with Crippen molar-refractivity contribution in [3.8, 4) is 0 Å². The van der Waals surface area contributed by atoms with Crippen LogP contribution >= 0.6 is 0 Å². The lowest BCUT2D eigenvalue weighted by Crippen LogP contribution is -2.32. The number of allylic oxidation sites excluding steroid dienone is 1. The summed E-state index contributed by atoms with van der Waals surface area (Å²) in [5.74, 6) is -0.747. The molecule has 1 unspecified atom stereocenters. The molecule has 1 atom stereocenters. The number of hydrogen-bond donors (Lipinski definition) is 1. The monoisotopic (exact) mass is 274 g/mol. The second-order valence-corrected chi connectivity index (χ2v) is 5.95. The maximum absolute atomic E-state index is 11.2. The number of benzene rings is 1. The summed E-state index contributed by atoms with van der Waals surface area (Å²) >= 11 is 0. The quantitative estimate of drug-likeness (QED) is 0.842. The molecule has 1 N–H and O–H groups in total. The van der Waals surface area contributed by atoms with Crippen LogP contribution < -0.4 is 0 Å². The van der Waals surface area contributed by atoms with Crippen molar-refractivity contribution in [3.05, 3.63) is 46.5 Å². The van der Waals surface area contributed by atoms with Crippen molar-refractivity contribution in [2.24, 2.45) is 0 Å². The average molecular weight is 274 g/mol. The Labute approximate surface area is 120 Å². The van der Waals surface area contributed by atoms with Gasteiger partial charge in [0.1, 0.15) is 5.60 Å². The smallest absolute Gasteiger partial charge is 0.192 e. The Bertz CT molecular complexity index is 555. The molecule has 0 amide bonds. The third-order valence-electron chi connectivity index (χ3n) is 4.82. The summed E-state index contributed by atoms with van der Waals surface area (Å²) in [5, 5.41) is 11.2. The van der Waals surface area contributed by atoms with Crippen molar-refractivity contribution in [1.29, 1.82) is 0 Å². The van der Waals surface area contributed by atoms with Crippen LogP contribution in [0.1, 0.15) is 44.7 Å². The lowest BCUT2D eigenvalue weighted by molar-refractivity contribution is -0.151. The number of rotatable bonds is 2. The van der Waals surface area contributed by atoms with Gasteiger partial charge in [-0.1, -0.05) is 29.8 Å². The maximum atomic E-state index is 11.2. The van der Waals surface area contributed by atoms with E-state index < -0.39 is 11.4 Å². The summed E-state index contributed by atoms with van der Waals surface area (Å²) in [7, 11) is 0. The van der Waals surface area contributed by atoms with Gasteiger partial charge in [0.05, 0.1) is 13.2 Å². The molecular formula is C17H22O3. The topological polar surface area (TPSA) is 38.7 Å². The fourth-order valence-electron chi connectivity index (χ4n) is 3.34. The average Bonchev–Trinajstić information content (AvgIpc) is 3.01. The third-order valence-corrected chi connectivity index (χ3v) is 4.82. The van der Waals surface area contributed by atoms with E-state index in [1.165, 1.54) is 5.57 Å². The van der Waals surface area contributed by atoms with Crippen molar-refractivity contribution in [1.82, 2.24) is 0 Å². The minimum atomic E-state index is -0.890. The summed E-state index contributed by atoms with van der Waals surface area (Å²) in [4.78, 5) is 0. The molecule has 1 aromatic carbocycles. The number of ether oxygens (including phenoxy) is 2. The van der Waals surface area contributed by atoms with Crippen molar-refractivity contribution in [3.63, 3.8) is 0 Å². The lowest BCUT2D eigenvalue weighted by Gasteiger charge is -2.33. The van der Waals surface area contributed by atoms with Gasteiger partial charge in [-0.2, -0.15) is 0 Å². The zero-order valence-corrected chi connectivity index (χ0v) is 12.4. The van der Waals surface area contributed by atoms with Gasteiger partial charge in [0.25, 0.3) is 0 Å². The van der Waals surface area contributed by atoms with Gasteiger partial charge in [0, 0.05) is 5.56 Å². The van der Waals surface area contributed by atoms with Crippen molar-refractivity contribution in [2.75, 3.05) is 13.2 Å². The SMILES string of the molecule is CC1=C(C)C(O)(c2ccccc2C2(C)OCCO2)CC1. The zero-order valence-electron chi connectivity index (χ0n) is 12.4. The van der Waals surface area contributed by atoms with Crippen LogP contribution in [0.4, 0.5) is 0 Å². The number of aliphatic hydroxyl groups is 1. The van der Waals surface area contributed by atoms with Crippen molar-refractivity contribution < 1.29 is 14.6 Å². The molecule has 0 aromatic heterocycles. The van der Waals surface area contributed by atoms with Gasteiger partial charge in [0.2, 0.25) is 0 Å². The number of hydrogen-bond acceptors (Lipinski definition) is 3. The van der Waals surface area contributed by atoms with Gasteiger partial charge in [-0.3, -0.25) is 0 Å². The Morgan fingerprint density at radius 3 is 2.20 bits per heavy atom. The van der Waals surface area contributed by atoms with Crippen LogP contribution in [0.5, 0.6) is 0 Å². The summed E-state index contributed by atoms with van der Waals surface area (Å²) in [6.45, 7) is 7.25. The predicted octanol–water partition coefficient (Wildman–Crippen LogP) is 3.22. The first-order valence-corrected chi connectivity index (χ1v) is 7.24. The highest BCUT2D eigenvalue weighted by Crippen LogP contribution is 2.47. The highest BCUT2D eigenvalue weighted by atomic mass is 16.7. The van der Waals surface area contributed by atoms with E-state index in [-0.39, 0.29) is 0 Å². The molecule has 1 heterocycles. The van der Waals surface area contributed by atoms with E-state index in [4.69, 9.17) is 9.47 Å². The Balaban J connectivity index is 2.12. The van der Waals surface area contributed by atoms with Crippen LogP contribution in [0.25, 0.3) is 0 Å². The van der Waals surface area contributed by atoms with Crippen molar-refractivity contribution >= 4 is 0 Å². The molecule has 1 aliphatic heterocycles. The third kappa shape index (κ3) is 1.93. The van der Waals surface area contributed by atoms with Crippen LogP contribution in [-0.4, -0.2) is 18.3 Å². The fraction of sp³-hybridized carbons (Fsp3) is 0.529. The minimum Gasteiger partial charge on any atom is -0.381 e. The molecule has 3 rings (SSSR count). The summed E-state index contributed by atoms with van der Waals surface area (Å²) in [6, 6.07) is 7.93. The van der Waals surface area contributed by atoms with Crippen LogP contribution in [0.2, 0.25) is 0 Å². The molecule has 3 heteroatoms. The van der Waals surface area contributed by atoms with Crippen LogP contribution in [0.15, 0.2) is 35.4 Å². The first kappa shape index (κ1) is 13.8. The van der Waals surface area contributed by atoms with Crippen molar-refractivity contribution in [2.45, 2.75) is 45.0 Å². The molecule has 0 saturated carbocycles. The molecule has 0 radical (unpaired) electrons. The summed E-state index contributed by atoms with van der Waals surface area (Å²) in [6.07, 6.45) is 1.67. The Morgan fingerprint density at radius 1 is 1.05 bits per heavy atom. The largest absolute Gasteiger partial charge is 0.381 e. The first-order chi connectivity index (χ1) is 9.47. The minimum absolute atomic E-state index is 0.594. The Morgan fingerprint density at radius 2 is 1.65 bits per heavy atom. The molecule has 1 aromatic rings. The van der Waals surface area contributed by atoms with Crippen LogP contribution in [-0.2, 0) is 20.9 Å². The molecule has 1 aliphatic carbocycles.